The van der Waals surface area contributed by atoms with E-state index < -0.39 is 12.0 Å². The topological polar surface area (TPSA) is 115 Å². The first-order valence-electron chi connectivity index (χ1n) is 9.22. The second-order valence-electron chi connectivity index (χ2n) is 6.99. The number of hydrogen-bond donors (Lipinski definition) is 2. The molecule has 1 fully saturated rings. The van der Waals surface area contributed by atoms with Gasteiger partial charge in [0.1, 0.15) is 15.8 Å². The summed E-state index contributed by atoms with van der Waals surface area (Å²) in [7, 11) is 0. The van der Waals surface area contributed by atoms with Crippen molar-refractivity contribution in [1.29, 1.82) is 0 Å². The second-order valence-corrected chi connectivity index (χ2v) is 7.99. The number of carbonyl (C=O) groups is 3. The maximum Gasteiger partial charge on any atom is 0.262 e. The van der Waals surface area contributed by atoms with Crippen molar-refractivity contribution in [3.63, 3.8) is 0 Å². The number of aromatic nitrogens is 1. The highest BCUT2D eigenvalue weighted by Crippen LogP contribution is 2.37. The molecule has 0 saturated carbocycles. The van der Waals surface area contributed by atoms with Crippen LogP contribution in [0.1, 0.15) is 48.0 Å². The zero-order chi connectivity index (χ0) is 20.3. The molecule has 0 bridgehead atoms. The summed E-state index contributed by atoms with van der Waals surface area (Å²) in [5.41, 5.74) is 5.91. The number of hydrogen-bond acceptors (Lipinski definition) is 6. The fraction of sp³-hybridized carbons (Fsp3) is 0.474. The van der Waals surface area contributed by atoms with Gasteiger partial charge in [0.15, 0.2) is 0 Å². The van der Waals surface area contributed by atoms with Crippen molar-refractivity contribution in [3.8, 4) is 0 Å². The zero-order valence-electron chi connectivity index (χ0n) is 15.9. The van der Waals surface area contributed by atoms with Crippen molar-refractivity contribution < 1.29 is 19.1 Å². The Balaban J connectivity index is 1.90. The van der Waals surface area contributed by atoms with Gasteiger partial charge in [0, 0.05) is 42.6 Å². The minimum Gasteiger partial charge on any atom is -0.370 e. The van der Waals surface area contributed by atoms with Gasteiger partial charge < -0.3 is 20.7 Å². The van der Waals surface area contributed by atoms with Crippen LogP contribution >= 0.6 is 11.3 Å². The van der Waals surface area contributed by atoms with Crippen LogP contribution in [0.2, 0.25) is 0 Å². The lowest BCUT2D eigenvalue weighted by molar-refractivity contribution is -0.140. The lowest BCUT2D eigenvalue weighted by Crippen LogP contribution is -2.43. The van der Waals surface area contributed by atoms with E-state index in [0.717, 1.165) is 15.8 Å². The van der Waals surface area contributed by atoms with Crippen LogP contribution in [0.15, 0.2) is 18.3 Å². The first kappa shape index (κ1) is 20.2. The molecule has 150 valence electrons. The number of primary amides is 1. The molecular weight excluding hydrogens is 380 g/mol. The van der Waals surface area contributed by atoms with Crippen molar-refractivity contribution in [2.24, 2.45) is 5.73 Å². The van der Waals surface area contributed by atoms with Gasteiger partial charge in [-0.3, -0.25) is 14.4 Å². The summed E-state index contributed by atoms with van der Waals surface area (Å²) in [4.78, 5) is 43.5. The second kappa shape index (κ2) is 8.66. The van der Waals surface area contributed by atoms with Gasteiger partial charge >= 0.3 is 0 Å². The van der Waals surface area contributed by atoms with E-state index in [0.29, 0.717) is 24.6 Å². The summed E-state index contributed by atoms with van der Waals surface area (Å²) in [6.07, 6.45) is 1.36. The number of amides is 3. The largest absolute Gasteiger partial charge is 0.370 e. The summed E-state index contributed by atoms with van der Waals surface area (Å²) < 4.78 is 5.95. The van der Waals surface area contributed by atoms with E-state index in [1.165, 1.54) is 11.3 Å². The number of morpholine rings is 1. The number of rotatable bonds is 6. The molecule has 1 atom stereocenters. The van der Waals surface area contributed by atoms with Crippen LogP contribution in [0.5, 0.6) is 0 Å². The smallest absolute Gasteiger partial charge is 0.262 e. The molecule has 0 aliphatic carbocycles. The molecule has 0 radical (unpaired) electrons. The molecule has 1 aliphatic heterocycles. The van der Waals surface area contributed by atoms with Gasteiger partial charge in [0.05, 0.1) is 13.2 Å². The highest BCUT2D eigenvalue weighted by Gasteiger charge is 2.31. The molecule has 3 amide bonds. The standard InChI is InChI=1S/C19H24N4O4S/c1-11(2)22-18(26)17-16(12-4-3-7-21-19(12)28-17)13-10-23(8-9-27-13)15(25)6-5-14(20)24/h3-4,7,11,13H,5-6,8-10H2,1-2H3,(H2,20,24)(H,22,26). The molecular formula is C19H24N4O4S. The van der Waals surface area contributed by atoms with Gasteiger partial charge in [-0.25, -0.2) is 4.98 Å². The first-order valence-corrected chi connectivity index (χ1v) is 10.0. The number of carbonyl (C=O) groups excluding carboxylic acids is 3. The van der Waals surface area contributed by atoms with Crippen LogP contribution in [0, 0.1) is 0 Å². The number of nitrogens with two attached hydrogens (primary N) is 1. The molecule has 3 N–H and O–H groups in total. The fourth-order valence-electron chi connectivity index (χ4n) is 3.21. The van der Waals surface area contributed by atoms with Crippen LogP contribution in [-0.2, 0) is 14.3 Å². The van der Waals surface area contributed by atoms with Crippen molar-refractivity contribution >= 4 is 39.3 Å². The van der Waals surface area contributed by atoms with E-state index in [-0.39, 0.29) is 30.7 Å². The summed E-state index contributed by atoms with van der Waals surface area (Å²) in [6.45, 7) is 4.93. The lowest BCUT2D eigenvalue weighted by Gasteiger charge is -2.33. The summed E-state index contributed by atoms with van der Waals surface area (Å²) in [5.74, 6) is -0.813. The zero-order valence-corrected chi connectivity index (χ0v) is 16.8. The average molecular weight is 404 g/mol. The molecule has 1 saturated heterocycles. The predicted molar refractivity (Wildman–Crippen MR) is 106 cm³/mol. The number of thiophene rings is 1. The Morgan fingerprint density at radius 3 is 2.89 bits per heavy atom. The van der Waals surface area contributed by atoms with E-state index in [1.54, 1.807) is 11.1 Å². The Hall–Kier alpha value is -2.52. The van der Waals surface area contributed by atoms with Crippen molar-refractivity contribution in [2.45, 2.75) is 38.8 Å². The maximum absolute atomic E-state index is 12.8. The molecule has 0 spiro atoms. The normalized spacial score (nSPS) is 17.1. The van der Waals surface area contributed by atoms with Crippen LogP contribution in [-0.4, -0.2) is 53.3 Å². The Morgan fingerprint density at radius 2 is 2.18 bits per heavy atom. The molecule has 3 heterocycles. The summed E-state index contributed by atoms with van der Waals surface area (Å²) >= 11 is 1.32. The molecule has 0 aromatic carbocycles. The van der Waals surface area contributed by atoms with E-state index in [1.807, 2.05) is 26.0 Å². The quantitative estimate of drug-likeness (QED) is 0.759. The van der Waals surface area contributed by atoms with Crippen LogP contribution in [0.25, 0.3) is 10.2 Å². The Morgan fingerprint density at radius 1 is 1.39 bits per heavy atom. The van der Waals surface area contributed by atoms with Gasteiger partial charge in [-0.2, -0.15) is 0 Å². The van der Waals surface area contributed by atoms with Gasteiger partial charge in [-0.05, 0) is 19.9 Å². The van der Waals surface area contributed by atoms with E-state index in [9.17, 15) is 14.4 Å². The third-order valence-electron chi connectivity index (χ3n) is 4.46. The third kappa shape index (κ3) is 4.48. The minimum absolute atomic E-state index is 0.00216. The number of nitrogens with zero attached hydrogens (tertiary/aromatic N) is 2. The molecule has 3 rings (SSSR count). The Kier molecular flexibility index (Phi) is 6.25. The van der Waals surface area contributed by atoms with Crippen LogP contribution in [0.3, 0.4) is 0 Å². The van der Waals surface area contributed by atoms with Gasteiger partial charge in [0.25, 0.3) is 5.91 Å². The minimum atomic E-state index is -0.499. The SMILES string of the molecule is CC(C)NC(=O)c1sc2ncccc2c1C1CN(C(=O)CCC(N)=O)CCO1. The number of pyridine rings is 1. The van der Waals surface area contributed by atoms with Crippen LogP contribution < -0.4 is 11.1 Å². The first-order chi connectivity index (χ1) is 13.4. The predicted octanol–water partition coefficient (Wildman–Crippen LogP) is 1.60. The number of nitrogens with one attached hydrogen (secondary N) is 1. The van der Waals surface area contributed by atoms with Crippen molar-refractivity contribution in [2.75, 3.05) is 19.7 Å². The molecule has 2 aromatic rings. The molecule has 1 unspecified atom stereocenters. The third-order valence-corrected chi connectivity index (χ3v) is 5.59. The van der Waals surface area contributed by atoms with E-state index >= 15 is 0 Å². The lowest BCUT2D eigenvalue weighted by atomic mass is 10.0. The Bertz CT molecular complexity index is 895. The monoisotopic (exact) mass is 404 g/mol. The van der Waals surface area contributed by atoms with Crippen LogP contribution in [0.4, 0.5) is 0 Å². The number of ether oxygens (including phenoxy) is 1. The maximum atomic E-state index is 12.8. The molecule has 2 aromatic heterocycles. The van der Waals surface area contributed by atoms with Crippen molar-refractivity contribution in [3.05, 3.63) is 28.8 Å². The van der Waals surface area contributed by atoms with E-state index in [2.05, 4.69) is 10.3 Å². The van der Waals surface area contributed by atoms with E-state index in [4.69, 9.17) is 10.5 Å². The van der Waals surface area contributed by atoms with Gasteiger partial charge in [-0.15, -0.1) is 11.3 Å². The summed E-state index contributed by atoms with van der Waals surface area (Å²) in [6, 6.07) is 3.73. The highest BCUT2D eigenvalue weighted by molar-refractivity contribution is 7.20. The fourth-order valence-corrected chi connectivity index (χ4v) is 4.30. The van der Waals surface area contributed by atoms with Gasteiger partial charge in [0.2, 0.25) is 11.8 Å². The van der Waals surface area contributed by atoms with Crippen molar-refractivity contribution in [1.82, 2.24) is 15.2 Å². The average Bonchev–Trinajstić information content (AvgIpc) is 3.05. The Labute approximate surface area is 167 Å². The summed E-state index contributed by atoms with van der Waals surface area (Å²) in [5, 5.41) is 3.78. The highest BCUT2D eigenvalue weighted by atomic mass is 32.1. The molecule has 9 heteroatoms. The molecule has 1 aliphatic rings. The molecule has 8 nitrogen and oxygen atoms in total. The van der Waals surface area contributed by atoms with Gasteiger partial charge in [-0.1, -0.05) is 6.07 Å². The number of fused-ring (bicyclic) bond motifs is 1. The molecule has 28 heavy (non-hydrogen) atoms.